The third-order valence-electron chi connectivity index (χ3n) is 4.28. The van der Waals surface area contributed by atoms with Crippen molar-refractivity contribution in [3.05, 3.63) is 18.2 Å². The molecular formula is C15H19NO3. The van der Waals surface area contributed by atoms with Crippen molar-refractivity contribution < 1.29 is 14.3 Å². The van der Waals surface area contributed by atoms with E-state index in [1.807, 2.05) is 12.1 Å². The van der Waals surface area contributed by atoms with Crippen molar-refractivity contribution in [2.75, 3.05) is 19.5 Å². The van der Waals surface area contributed by atoms with E-state index in [0.717, 1.165) is 30.4 Å². The van der Waals surface area contributed by atoms with Crippen molar-refractivity contribution in [3.63, 3.8) is 0 Å². The van der Waals surface area contributed by atoms with Crippen molar-refractivity contribution in [2.24, 2.45) is 17.8 Å². The van der Waals surface area contributed by atoms with Crippen molar-refractivity contribution >= 4 is 11.6 Å². The van der Waals surface area contributed by atoms with Crippen LogP contribution in [0.1, 0.15) is 19.3 Å². The average molecular weight is 261 g/mol. The second kappa shape index (κ2) is 4.76. The number of anilines is 1. The molecule has 2 fully saturated rings. The Kier molecular flexibility index (Phi) is 3.09. The third-order valence-corrected chi connectivity index (χ3v) is 4.28. The molecule has 0 aliphatic heterocycles. The Morgan fingerprint density at radius 2 is 1.89 bits per heavy atom. The molecule has 3 rings (SSSR count). The average Bonchev–Trinajstić information content (AvgIpc) is 3.05. The Morgan fingerprint density at radius 3 is 2.53 bits per heavy atom. The summed E-state index contributed by atoms with van der Waals surface area (Å²) < 4.78 is 10.4. The van der Waals surface area contributed by atoms with Gasteiger partial charge in [-0.1, -0.05) is 0 Å². The van der Waals surface area contributed by atoms with Gasteiger partial charge in [0.05, 0.1) is 19.9 Å². The van der Waals surface area contributed by atoms with Crippen LogP contribution in [0, 0.1) is 17.8 Å². The first kappa shape index (κ1) is 12.3. The summed E-state index contributed by atoms with van der Waals surface area (Å²) in [5.74, 6) is 3.28. The number of methoxy groups -OCH3 is 2. The maximum absolute atomic E-state index is 12.2. The zero-order valence-electron chi connectivity index (χ0n) is 11.3. The van der Waals surface area contributed by atoms with Gasteiger partial charge in [0, 0.05) is 12.0 Å². The van der Waals surface area contributed by atoms with Gasteiger partial charge in [-0.15, -0.1) is 0 Å². The van der Waals surface area contributed by atoms with E-state index in [1.54, 1.807) is 20.3 Å². The number of amides is 1. The second-order valence-electron chi connectivity index (χ2n) is 5.48. The van der Waals surface area contributed by atoms with Crippen molar-refractivity contribution in [2.45, 2.75) is 19.3 Å². The van der Waals surface area contributed by atoms with Crippen LogP contribution in [-0.4, -0.2) is 20.1 Å². The van der Waals surface area contributed by atoms with E-state index in [1.165, 1.54) is 6.42 Å². The fourth-order valence-electron chi connectivity index (χ4n) is 3.07. The molecule has 2 aliphatic carbocycles. The van der Waals surface area contributed by atoms with Gasteiger partial charge in [-0.05, 0) is 43.2 Å². The van der Waals surface area contributed by atoms with Crippen molar-refractivity contribution in [1.29, 1.82) is 0 Å². The van der Waals surface area contributed by atoms with Crippen LogP contribution in [0.3, 0.4) is 0 Å². The number of hydrogen-bond donors (Lipinski definition) is 1. The number of hydrogen-bond acceptors (Lipinski definition) is 3. The predicted molar refractivity (Wildman–Crippen MR) is 72.5 cm³/mol. The molecule has 2 atom stereocenters. The molecule has 0 radical (unpaired) electrons. The first-order valence-corrected chi connectivity index (χ1v) is 6.74. The highest BCUT2D eigenvalue weighted by atomic mass is 16.5. The molecule has 4 heteroatoms. The molecule has 1 amide bonds. The quantitative estimate of drug-likeness (QED) is 0.906. The fraction of sp³-hybridized carbons (Fsp3) is 0.533. The molecule has 0 heterocycles. The lowest BCUT2D eigenvalue weighted by molar-refractivity contribution is -0.120. The minimum atomic E-state index is 0.121. The monoisotopic (exact) mass is 261 g/mol. The van der Waals surface area contributed by atoms with Gasteiger partial charge in [-0.25, -0.2) is 0 Å². The molecule has 2 saturated carbocycles. The van der Waals surface area contributed by atoms with Crippen LogP contribution in [0.25, 0.3) is 0 Å². The first-order chi connectivity index (χ1) is 9.21. The van der Waals surface area contributed by atoms with Crippen LogP contribution in [0.2, 0.25) is 0 Å². The molecule has 19 heavy (non-hydrogen) atoms. The molecule has 0 aromatic heterocycles. The molecule has 1 N–H and O–H groups in total. The Bertz CT molecular complexity index is 490. The zero-order valence-corrected chi connectivity index (χ0v) is 11.3. The lowest BCUT2D eigenvalue weighted by atomic mass is 10.0. The normalized spacial score (nSPS) is 27.6. The maximum Gasteiger partial charge on any atom is 0.227 e. The van der Waals surface area contributed by atoms with E-state index in [4.69, 9.17) is 9.47 Å². The predicted octanol–water partition coefficient (Wildman–Crippen LogP) is 2.69. The Balaban J connectivity index is 1.69. The van der Waals surface area contributed by atoms with Crippen molar-refractivity contribution in [3.8, 4) is 11.5 Å². The number of carbonyl (C=O) groups excluding carboxylic acids is 1. The van der Waals surface area contributed by atoms with E-state index in [0.29, 0.717) is 11.4 Å². The van der Waals surface area contributed by atoms with Crippen LogP contribution in [0.4, 0.5) is 5.69 Å². The van der Waals surface area contributed by atoms with Crippen molar-refractivity contribution in [1.82, 2.24) is 0 Å². The van der Waals surface area contributed by atoms with Crippen LogP contribution in [0.15, 0.2) is 18.2 Å². The maximum atomic E-state index is 12.2. The molecule has 4 nitrogen and oxygen atoms in total. The summed E-state index contributed by atoms with van der Waals surface area (Å²) in [4.78, 5) is 12.2. The summed E-state index contributed by atoms with van der Waals surface area (Å²) in [5.41, 5.74) is 0.717. The van der Waals surface area contributed by atoms with Crippen LogP contribution in [-0.2, 0) is 4.79 Å². The van der Waals surface area contributed by atoms with Crippen LogP contribution in [0.5, 0.6) is 11.5 Å². The lowest BCUT2D eigenvalue weighted by Gasteiger charge is -2.15. The zero-order chi connectivity index (χ0) is 13.4. The molecule has 0 spiro atoms. The summed E-state index contributed by atoms with van der Waals surface area (Å²) in [5, 5.41) is 2.98. The van der Waals surface area contributed by atoms with E-state index in [2.05, 4.69) is 5.32 Å². The summed E-state index contributed by atoms with van der Waals surface area (Å²) in [7, 11) is 3.20. The highest BCUT2D eigenvalue weighted by molar-refractivity contribution is 5.94. The lowest BCUT2D eigenvalue weighted by Crippen LogP contribution is -2.21. The largest absolute Gasteiger partial charge is 0.497 e. The third kappa shape index (κ3) is 2.39. The van der Waals surface area contributed by atoms with Gasteiger partial charge in [0.1, 0.15) is 11.5 Å². The van der Waals surface area contributed by atoms with Gasteiger partial charge in [0.2, 0.25) is 5.91 Å². The van der Waals surface area contributed by atoms with E-state index >= 15 is 0 Å². The standard InChI is InChI=1S/C15H19NO3/c1-18-12-3-4-13(14(8-12)19-2)16-15(17)11-6-9-5-10(9)7-11/h3-4,8-11H,5-7H2,1-2H3,(H,16,17). The molecule has 0 saturated heterocycles. The SMILES string of the molecule is COc1ccc(NC(=O)C2CC3CC3C2)c(OC)c1. The van der Waals surface area contributed by atoms with Gasteiger partial charge < -0.3 is 14.8 Å². The van der Waals surface area contributed by atoms with Gasteiger partial charge >= 0.3 is 0 Å². The molecule has 0 bridgehead atoms. The van der Waals surface area contributed by atoms with Gasteiger partial charge in [0.15, 0.2) is 0 Å². The Morgan fingerprint density at radius 1 is 1.16 bits per heavy atom. The molecule has 102 valence electrons. The summed E-state index contributed by atoms with van der Waals surface area (Å²) in [6.45, 7) is 0. The van der Waals surface area contributed by atoms with Gasteiger partial charge in [-0.2, -0.15) is 0 Å². The highest BCUT2D eigenvalue weighted by Crippen LogP contribution is 2.54. The number of carbonyl (C=O) groups is 1. The Labute approximate surface area is 113 Å². The number of fused-ring (bicyclic) bond motifs is 1. The highest BCUT2D eigenvalue weighted by Gasteiger charge is 2.48. The van der Waals surface area contributed by atoms with E-state index < -0.39 is 0 Å². The second-order valence-corrected chi connectivity index (χ2v) is 5.48. The minimum absolute atomic E-state index is 0.121. The van der Waals surface area contributed by atoms with Crippen LogP contribution < -0.4 is 14.8 Å². The van der Waals surface area contributed by atoms with Crippen LogP contribution >= 0.6 is 0 Å². The molecular weight excluding hydrogens is 242 g/mol. The Hall–Kier alpha value is -1.71. The number of benzene rings is 1. The number of ether oxygens (including phenoxy) is 2. The van der Waals surface area contributed by atoms with Gasteiger partial charge in [0.25, 0.3) is 0 Å². The van der Waals surface area contributed by atoms with Gasteiger partial charge in [-0.3, -0.25) is 4.79 Å². The smallest absolute Gasteiger partial charge is 0.227 e. The minimum Gasteiger partial charge on any atom is -0.497 e. The van der Waals surface area contributed by atoms with E-state index in [9.17, 15) is 4.79 Å². The number of rotatable bonds is 4. The topological polar surface area (TPSA) is 47.6 Å². The molecule has 1 aromatic carbocycles. The fourth-order valence-corrected chi connectivity index (χ4v) is 3.07. The number of nitrogens with one attached hydrogen (secondary N) is 1. The molecule has 2 unspecified atom stereocenters. The van der Waals surface area contributed by atoms with E-state index in [-0.39, 0.29) is 11.8 Å². The first-order valence-electron chi connectivity index (χ1n) is 6.74. The molecule has 1 aromatic rings. The molecule has 2 aliphatic rings. The summed E-state index contributed by atoms with van der Waals surface area (Å²) in [6, 6.07) is 5.43. The summed E-state index contributed by atoms with van der Waals surface area (Å²) in [6.07, 6.45) is 3.43. The summed E-state index contributed by atoms with van der Waals surface area (Å²) >= 11 is 0.